The number of carboxylic acid groups (broad SMARTS) is 1. The van der Waals surface area contributed by atoms with Gasteiger partial charge in [-0.3, -0.25) is 4.79 Å². The van der Waals surface area contributed by atoms with Crippen molar-refractivity contribution in [2.75, 3.05) is 0 Å². The van der Waals surface area contributed by atoms with E-state index >= 15 is 4.39 Å². The van der Waals surface area contributed by atoms with Crippen LogP contribution in [0.25, 0.3) is 0 Å². The second-order valence-corrected chi connectivity index (χ2v) is 8.20. The van der Waals surface area contributed by atoms with Crippen molar-refractivity contribution in [3.63, 3.8) is 0 Å². The van der Waals surface area contributed by atoms with Gasteiger partial charge in [-0.2, -0.15) is 0 Å². The normalized spacial score (nSPS) is 16.2. The third-order valence-corrected chi connectivity index (χ3v) is 5.86. The summed E-state index contributed by atoms with van der Waals surface area (Å²) in [5.74, 6) is -1.68. The van der Waals surface area contributed by atoms with Crippen LogP contribution < -0.4 is 4.74 Å². The summed E-state index contributed by atoms with van der Waals surface area (Å²) in [6.45, 7) is 0. The average molecular weight is 439 g/mol. The summed E-state index contributed by atoms with van der Waals surface area (Å²) in [5.41, 5.74) is -3.23. The van der Waals surface area contributed by atoms with Crippen molar-refractivity contribution in [1.82, 2.24) is 0 Å². The summed E-state index contributed by atoms with van der Waals surface area (Å²) in [6, 6.07) is 22.1. The topological polar surface area (TPSA) is 63.6 Å². The molecular weight excluding hydrogens is 419 g/mol. The smallest absolute Gasteiger partial charge is 0.349 e. The van der Waals surface area contributed by atoms with Gasteiger partial charge in [-0.05, 0) is 60.4 Å². The van der Waals surface area contributed by atoms with Crippen LogP contribution in [0.15, 0.2) is 78.9 Å². The summed E-state index contributed by atoms with van der Waals surface area (Å²) in [4.78, 5) is 25.2. The molecule has 3 aromatic carbocycles. The largest absolute Gasteiger partial charge is 0.479 e. The molecule has 1 N–H and O–H groups in total. The monoisotopic (exact) mass is 438 g/mol. The van der Waals surface area contributed by atoms with Gasteiger partial charge in [0, 0.05) is 11.4 Å². The number of hydrogen-bond donors (Lipinski definition) is 1. The third-order valence-electron chi connectivity index (χ3n) is 5.61. The molecule has 0 radical (unpaired) electrons. The predicted octanol–water partition coefficient (Wildman–Crippen LogP) is 5.77. The highest BCUT2D eigenvalue weighted by molar-refractivity contribution is 6.30. The lowest BCUT2D eigenvalue weighted by Crippen LogP contribution is -2.49. The van der Waals surface area contributed by atoms with Crippen LogP contribution in [0.4, 0.5) is 4.39 Å². The molecule has 1 unspecified atom stereocenters. The Labute approximate surface area is 184 Å². The predicted molar refractivity (Wildman–Crippen MR) is 116 cm³/mol. The molecule has 1 atom stereocenters. The van der Waals surface area contributed by atoms with E-state index in [-0.39, 0.29) is 0 Å². The molecule has 0 amide bonds. The summed E-state index contributed by atoms with van der Waals surface area (Å²) < 4.78 is 21.6. The van der Waals surface area contributed by atoms with Gasteiger partial charge in [0.1, 0.15) is 11.5 Å². The Morgan fingerprint density at radius 2 is 1.61 bits per heavy atom. The molecule has 4 nitrogen and oxygen atoms in total. The van der Waals surface area contributed by atoms with E-state index in [1.165, 1.54) is 0 Å². The first-order valence-corrected chi connectivity index (χ1v) is 10.3. The number of rotatable bonds is 8. The maximum absolute atomic E-state index is 15.8. The second-order valence-electron chi connectivity index (χ2n) is 7.76. The summed E-state index contributed by atoms with van der Waals surface area (Å²) in [6.07, 6.45) is 0.232. The highest BCUT2D eigenvalue weighted by Crippen LogP contribution is 2.52. The number of carbonyl (C=O) groups is 2. The van der Waals surface area contributed by atoms with Crippen molar-refractivity contribution in [2.45, 2.75) is 30.3 Å². The first-order chi connectivity index (χ1) is 14.8. The van der Waals surface area contributed by atoms with Crippen LogP contribution in [0, 0.1) is 0 Å². The van der Waals surface area contributed by atoms with E-state index in [1.807, 2.05) is 18.2 Å². The molecule has 0 aromatic heterocycles. The highest BCUT2D eigenvalue weighted by Gasteiger charge is 2.62. The van der Waals surface area contributed by atoms with Crippen LogP contribution >= 0.6 is 11.6 Å². The lowest BCUT2D eigenvalue weighted by molar-refractivity contribution is -0.158. The molecule has 0 heterocycles. The van der Waals surface area contributed by atoms with E-state index in [9.17, 15) is 14.7 Å². The lowest BCUT2D eigenvalue weighted by atomic mass is 9.79. The quantitative estimate of drug-likeness (QED) is 0.453. The number of alkyl halides is 1. The number of hydrogen-bond acceptors (Lipinski definition) is 3. The van der Waals surface area contributed by atoms with Gasteiger partial charge in [-0.1, -0.05) is 54.1 Å². The Balaban J connectivity index is 1.60. The number of ether oxygens (including phenoxy) is 1. The Hall–Kier alpha value is -3.18. The number of carbonyl (C=O) groups excluding carboxylic acids is 1. The van der Waals surface area contributed by atoms with E-state index < -0.39 is 29.3 Å². The number of ketones is 1. The van der Waals surface area contributed by atoms with Crippen LogP contribution in [0.1, 0.15) is 24.0 Å². The second kappa shape index (κ2) is 8.16. The number of carboxylic acids is 1. The zero-order valence-corrected chi connectivity index (χ0v) is 17.3. The first-order valence-electron chi connectivity index (χ1n) is 9.89. The first kappa shape index (κ1) is 21.1. The minimum atomic E-state index is -3.05. The number of benzene rings is 3. The van der Waals surface area contributed by atoms with Gasteiger partial charge in [-0.25, -0.2) is 9.18 Å². The molecule has 1 aliphatic rings. The molecule has 1 aliphatic carbocycles. The Morgan fingerprint density at radius 1 is 0.968 bits per heavy atom. The zero-order valence-electron chi connectivity index (χ0n) is 16.6. The number of halogens is 2. The molecule has 6 heteroatoms. The molecule has 1 saturated carbocycles. The highest BCUT2D eigenvalue weighted by atomic mass is 35.5. The molecule has 31 heavy (non-hydrogen) atoms. The van der Waals surface area contributed by atoms with Gasteiger partial charge >= 0.3 is 5.97 Å². The van der Waals surface area contributed by atoms with E-state index in [0.717, 1.165) is 0 Å². The third kappa shape index (κ3) is 4.19. The van der Waals surface area contributed by atoms with Gasteiger partial charge < -0.3 is 9.84 Å². The van der Waals surface area contributed by atoms with E-state index in [4.69, 9.17) is 16.3 Å². The fraction of sp³-hybridized carbons (Fsp3) is 0.200. The van der Waals surface area contributed by atoms with E-state index in [2.05, 4.69) is 0 Å². The molecule has 3 aromatic rings. The number of Topliss-reactive ketones (excluding diaryl/α,β-unsaturated/α-hetero) is 1. The Kier molecular flexibility index (Phi) is 5.54. The van der Waals surface area contributed by atoms with Gasteiger partial charge in [0.25, 0.3) is 5.67 Å². The van der Waals surface area contributed by atoms with Crippen molar-refractivity contribution in [2.24, 2.45) is 0 Å². The fourth-order valence-electron chi connectivity index (χ4n) is 3.80. The minimum Gasteiger partial charge on any atom is -0.479 e. The number of para-hydroxylation sites is 1. The van der Waals surface area contributed by atoms with Crippen LogP contribution in [0.3, 0.4) is 0 Å². The van der Waals surface area contributed by atoms with Crippen LogP contribution in [-0.4, -0.2) is 22.5 Å². The summed E-state index contributed by atoms with van der Waals surface area (Å²) >= 11 is 5.92. The van der Waals surface area contributed by atoms with Crippen LogP contribution in [-0.2, 0) is 21.4 Å². The Bertz CT molecular complexity index is 1110. The fourth-order valence-corrected chi connectivity index (χ4v) is 3.92. The Morgan fingerprint density at radius 3 is 2.23 bits per heavy atom. The average Bonchev–Trinajstić information content (AvgIpc) is 3.56. The lowest BCUT2D eigenvalue weighted by Gasteiger charge is -2.25. The van der Waals surface area contributed by atoms with Crippen molar-refractivity contribution in [3.05, 3.63) is 95.0 Å². The molecule has 0 aliphatic heterocycles. The maximum Gasteiger partial charge on any atom is 0.349 e. The van der Waals surface area contributed by atoms with Crippen molar-refractivity contribution >= 4 is 23.4 Å². The summed E-state index contributed by atoms with van der Waals surface area (Å²) in [7, 11) is 0. The molecular formula is C25H20ClFO4. The van der Waals surface area contributed by atoms with E-state index in [0.29, 0.717) is 40.5 Å². The molecule has 0 bridgehead atoms. The van der Waals surface area contributed by atoms with Crippen molar-refractivity contribution < 1.29 is 23.8 Å². The standard InChI is InChI=1S/C25H20ClFO4/c26-19-11-9-18(10-12-19)24(13-14-24)22(28)25(27,23(29)30)16-17-5-4-8-21(15-17)31-20-6-2-1-3-7-20/h1-12,15H,13-14,16H2,(H,29,30). The van der Waals surface area contributed by atoms with Crippen LogP contribution in [0.2, 0.25) is 5.02 Å². The molecule has 0 saturated heterocycles. The van der Waals surface area contributed by atoms with Gasteiger partial charge in [0.15, 0.2) is 5.78 Å². The van der Waals surface area contributed by atoms with Gasteiger partial charge in [0.05, 0.1) is 5.41 Å². The molecule has 158 valence electrons. The van der Waals surface area contributed by atoms with Crippen LogP contribution in [0.5, 0.6) is 11.5 Å². The zero-order chi connectivity index (χ0) is 22.1. The van der Waals surface area contributed by atoms with Gasteiger partial charge in [-0.15, -0.1) is 0 Å². The number of aliphatic carboxylic acids is 1. The maximum atomic E-state index is 15.8. The molecule has 1 fully saturated rings. The molecule has 0 spiro atoms. The summed E-state index contributed by atoms with van der Waals surface area (Å²) in [5, 5.41) is 10.2. The van der Waals surface area contributed by atoms with Crippen molar-refractivity contribution in [1.29, 1.82) is 0 Å². The van der Waals surface area contributed by atoms with Crippen molar-refractivity contribution in [3.8, 4) is 11.5 Å². The SMILES string of the molecule is O=C(O)C(F)(Cc1cccc(Oc2ccccc2)c1)C(=O)C1(c2ccc(Cl)cc2)CC1. The molecule has 4 rings (SSSR count). The van der Waals surface area contributed by atoms with E-state index in [1.54, 1.807) is 60.7 Å². The van der Waals surface area contributed by atoms with Gasteiger partial charge in [0.2, 0.25) is 0 Å². The minimum absolute atomic E-state index is 0.360.